The number of benzene rings is 1. The predicted octanol–water partition coefficient (Wildman–Crippen LogP) is 2.87. The number of ether oxygens (including phenoxy) is 1. The summed E-state index contributed by atoms with van der Waals surface area (Å²) in [6, 6.07) is 7.93. The van der Waals surface area contributed by atoms with E-state index in [4.69, 9.17) is 9.84 Å². The van der Waals surface area contributed by atoms with Gasteiger partial charge in [-0.15, -0.1) is 0 Å². The van der Waals surface area contributed by atoms with Gasteiger partial charge in [0, 0.05) is 0 Å². The molecule has 0 spiro atoms. The van der Waals surface area contributed by atoms with Crippen molar-refractivity contribution >= 4 is 5.97 Å². The van der Waals surface area contributed by atoms with Crippen molar-refractivity contribution < 1.29 is 14.6 Å². The number of aliphatic carboxylic acids is 1. The first-order valence-electron chi connectivity index (χ1n) is 5.91. The summed E-state index contributed by atoms with van der Waals surface area (Å²) in [6.07, 6.45) is 0.794. The summed E-state index contributed by atoms with van der Waals surface area (Å²) < 4.78 is 5.49. The van der Waals surface area contributed by atoms with Crippen LogP contribution < -0.4 is 0 Å². The molecule has 0 aliphatic carbocycles. The molecule has 1 aromatic rings. The Bertz CT molecular complexity index is 354. The average Bonchev–Trinajstić information content (AvgIpc) is 2.28. The van der Waals surface area contributed by atoms with Crippen LogP contribution in [0.4, 0.5) is 0 Å². The lowest BCUT2D eigenvalue weighted by molar-refractivity contribution is -0.141. The first-order valence-corrected chi connectivity index (χ1v) is 5.91. The lowest BCUT2D eigenvalue weighted by Crippen LogP contribution is -2.12. The van der Waals surface area contributed by atoms with E-state index in [2.05, 4.69) is 0 Å². The van der Waals surface area contributed by atoms with E-state index in [1.54, 1.807) is 6.92 Å². The first-order chi connectivity index (χ1) is 7.99. The van der Waals surface area contributed by atoms with Crippen LogP contribution in [-0.2, 0) is 22.6 Å². The van der Waals surface area contributed by atoms with Crippen LogP contribution in [0.15, 0.2) is 24.3 Å². The van der Waals surface area contributed by atoms with Crippen molar-refractivity contribution in [3.8, 4) is 0 Å². The summed E-state index contributed by atoms with van der Waals surface area (Å²) in [5, 5.41) is 8.82. The predicted molar refractivity (Wildman–Crippen MR) is 66.9 cm³/mol. The minimum Gasteiger partial charge on any atom is -0.481 e. The molecule has 1 N–H and O–H groups in total. The normalized spacial score (nSPS) is 12.7. The zero-order valence-corrected chi connectivity index (χ0v) is 10.6. The zero-order valence-electron chi connectivity index (χ0n) is 10.6. The maximum absolute atomic E-state index is 10.7. The van der Waals surface area contributed by atoms with Crippen LogP contribution in [0.25, 0.3) is 0 Å². The number of hydrogen-bond acceptors (Lipinski definition) is 2. The van der Waals surface area contributed by atoms with Crippen LogP contribution in [0.1, 0.15) is 31.9 Å². The van der Waals surface area contributed by atoms with Crippen molar-refractivity contribution in [1.82, 2.24) is 0 Å². The third-order valence-electron chi connectivity index (χ3n) is 2.57. The average molecular weight is 236 g/mol. The van der Waals surface area contributed by atoms with Gasteiger partial charge in [-0.3, -0.25) is 4.79 Å². The largest absolute Gasteiger partial charge is 0.481 e. The van der Waals surface area contributed by atoms with E-state index >= 15 is 0 Å². The number of carboxylic acids is 1. The maximum atomic E-state index is 10.7. The zero-order chi connectivity index (χ0) is 12.8. The van der Waals surface area contributed by atoms with Gasteiger partial charge in [0.25, 0.3) is 0 Å². The molecule has 0 aliphatic rings. The highest BCUT2D eigenvalue weighted by molar-refractivity contribution is 5.69. The van der Waals surface area contributed by atoms with Crippen molar-refractivity contribution in [3.05, 3.63) is 35.4 Å². The van der Waals surface area contributed by atoms with Crippen LogP contribution in [0.2, 0.25) is 0 Å². The Hall–Kier alpha value is -1.35. The summed E-state index contributed by atoms with van der Waals surface area (Å²) >= 11 is 0. The summed E-state index contributed by atoms with van der Waals surface area (Å²) in [5.74, 6) is -1.09. The summed E-state index contributed by atoms with van der Waals surface area (Å²) in [7, 11) is 0. The second kappa shape index (κ2) is 6.40. The van der Waals surface area contributed by atoms with Gasteiger partial charge in [0.1, 0.15) is 0 Å². The second-order valence-electron chi connectivity index (χ2n) is 4.62. The third-order valence-corrected chi connectivity index (χ3v) is 2.57. The number of rotatable bonds is 6. The summed E-state index contributed by atoms with van der Waals surface area (Å²) in [6.45, 7) is 6.33. The van der Waals surface area contributed by atoms with Gasteiger partial charge in [-0.25, -0.2) is 0 Å². The smallest absolute Gasteiger partial charge is 0.306 e. The molecule has 0 amide bonds. The maximum Gasteiger partial charge on any atom is 0.306 e. The minimum absolute atomic E-state index is 0.224. The van der Waals surface area contributed by atoms with Gasteiger partial charge in [-0.2, -0.15) is 0 Å². The molecule has 3 nitrogen and oxygen atoms in total. The van der Waals surface area contributed by atoms with E-state index in [0.29, 0.717) is 13.0 Å². The molecule has 3 heteroatoms. The Morgan fingerprint density at radius 1 is 1.18 bits per heavy atom. The van der Waals surface area contributed by atoms with E-state index in [1.165, 1.54) is 0 Å². The van der Waals surface area contributed by atoms with E-state index in [-0.39, 0.29) is 12.0 Å². The van der Waals surface area contributed by atoms with Gasteiger partial charge >= 0.3 is 5.97 Å². The van der Waals surface area contributed by atoms with Gasteiger partial charge in [0.05, 0.1) is 18.6 Å². The van der Waals surface area contributed by atoms with Crippen molar-refractivity contribution in [1.29, 1.82) is 0 Å². The Kier molecular flexibility index (Phi) is 5.16. The van der Waals surface area contributed by atoms with Crippen LogP contribution in [0, 0.1) is 5.92 Å². The van der Waals surface area contributed by atoms with Gasteiger partial charge in [0.15, 0.2) is 0 Å². The van der Waals surface area contributed by atoms with Crippen molar-refractivity contribution in [2.45, 2.75) is 39.9 Å². The molecule has 0 saturated heterocycles. The summed E-state index contributed by atoms with van der Waals surface area (Å²) in [4.78, 5) is 10.7. The highest BCUT2D eigenvalue weighted by Crippen LogP contribution is 2.11. The monoisotopic (exact) mass is 236 g/mol. The lowest BCUT2D eigenvalue weighted by atomic mass is 10.0. The number of hydrogen-bond donors (Lipinski definition) is 1. The first kappa shape index (κ1) is 13.7. The number of carboxylic acid groups (broad SMARTS) is 1. The quantitative estimate of drug-likeness (QED) is 0.826. The highest BCUT2D eigenvalue weighted by Gasteiger charge is 2.11. The molecule has 1 atom stereocenters. The second-order valence-corrected chi connectivity index (χ2v) is 4.62. The highest BCUT2D eigenvalue weighted by atomic mass is 16.5. The lowest BCUT2D eigenvalue weighted by Gasteiger charge is -2.09. The van der Waals surface area contributed by atoms with Crippen molar-refractivity contribution in [2.75, 3.05) is 0 Å². The Morgan fingerprint density at radius 2 is 1.71 bits per heavy atom. The fourth-order valence-electron chi connectivity index (χ4n) is 1.48. The molecule has 1 unspecified atom stereocenters. The molecule has 0 aliphatic heterocycles. The molecule has 1 rings (SSSR count). The van der Waals surface area contributed by atoms with Crippen molar-refractivity contribution in [2.24, 2.45) is 5.92 Å². The van der Waals surface area contributed by atoms with Crippen LogP contribution >= 0.6 is 0 Å². The Balaban J connectivity index is 2.53. The van der Waals surface area contributed by atoms with Crippen LogP contribution in [-0.4, -0.2) is 17.2 Å². The fraction of sp³-hybridized carbons (Fsp3) is 0.500. The van der Waals surface area contributed by atoms with Gasteiger partial charge in [-0.1, -0.05) is 31.2 Å². The fourth-order valence-corrected chi connectivity index (χ4v) is 1.48. The molecule has 0 heterocycles. The van der Waals surface area contributed by atoms with Gasteiger partial charge in [0.2, 0.25) is 0 Å². The molecule has 0 bridgehead atoms. The molecular weight excluding hydrogens is 216 g/mol. The Labute approximate surface area is 102 Å². The van der Waals surface area contributed by atoms with Crippen LogP contribution in [0.5, 0.6) is 0 Å². The van der Waals surface area contributed by atoms with Crippen molar-refractivity contribution in [3.63, 3.8) is 0 Å². The molecule has 0 radical (unpaired) electrons. The van der Waals surface area contributed by atoms with E-state index in [0.717, 1.165) is 11.1 Å². The minimum atomic E-state index is -0.753. The van der Waals surface area contributed by atoms with Gasteiger partial charge in [-0.05, 0) is 31.4 Å². The molecular formula is C14H20O3. The topological polar surface area (TPSA) is 46.5 Å². The van der Waals surface area contributed by atoms with Gasteiger partial charge < -0.3 is 9.84 Å². The molecule has 0 aromatic heterocycles. The summed E-state index contributed by atoms with van der Waals surface area (Å²) in [5.41, 5.74) is 2.17. The van der Waals surface area contributed by atoms with E-state index < -0.39 is 5.97 Å². The number of carbonyl (C=O) groups is 1. The third kappa shape index (κ3) is 5.00. The molecule has 0 saturated carbocycles. The standard InChI is InChI=1S/C14H20O3/c1-10(2)17-9-13-6-4-12(5-7-13)8-11(3)14(15)16/h4-7,10-11H,8-9H2,1-3H3,(H,15,16). The van der Waals surface area contributed by atoms with E-state index in [9.17, 15) is 4.79 Å². The SMILES string of the molecule is CC(C)OCc1ccc(CC(C)C(=O)O)cc1. The van der Waals surface area contributed by atoms with E-state index in [1.807, 2.05) is 38.1 Å². The Morgan fingerprint density at radius 3 is 2.18 bits per heavy atom. The molecule has 1 aromatic carbocycles. The molecule has 94 valence electrons. The molecule has 17 heavy (non-hydrogen) atoms. The van der Waals surface area contributed by atoms with Crippen LogP contribution in [0.3, 0.4) is 0 Å². The molecule has 0 fully saturated rings.